The summed E-state index contributed by atoms with van der Waals surface area (Å²) in [5.74, 6) is -0.629. The summed E-state index contributed by atoms with van der Waals surface area (Å²) in [7, 11) is 1.41. The van der Waals surface area contributed by atoms with Crippen molar-refractivity contribution in [2.24, 2.45) is 0 Å². The molecule has 4 nitrogen and oxygen atoms in total. The second-order valence-corrected chi connectivity index (χ2v) is 5.18. The molecule has 1 fully saturated rings. The maximum absolute atomic E-state index is 10.5. The Morgan fingerprint density at radius 2 is 2.27 bits per heavy atom. The predicted octanol–water partition coefficient (Wildman–Crippen LogP) is 0.261. The minimum Gasteiger partial charge on any atom is -0.461 e. The highest BCUT2D eigenvalue weighted by molar-refractivity contribution is 8.13. The number of cyclic esters (lactones) is 1. The lowest BCUT2D eigenvalue weighted by molar-refractivity contribution is -0.140. The number of hydrogen-bond donors (Lipinski definition) is 0. The fraction of sp³-hybridized carbons (Fsp3) is 0.800. The van der Waals surface area contributed by atoms with Gasteiger partial charge in [0.1, 0.15) is 11.9 Å². The SMILES string of the molecule is O=C1CCC(CS(=O)(=O)Cl)O1. The Bertz CT molecular complexity index is 258. The monoisotopic (exact) mass is 198 g/mol. The third-order valence-corrected chi connectivity index (χ3v) is 2.50. The van der Waals surface area contributed by atoms with Crippen molar-refractivity contribution >= 4 is 25.7 Å². The molecule has 64 valence electrons. The number of carbonyl (C=O) groups is 1. The molecular weight excluding hydrogens is 192 g/mol. The van der Waals surface area contributed by atoms with E-state index in [9.17, 15) is 13.2 Å². The molecule has 0 aromatic rings. The van der Waals surface area contributed by atoms with Gasteiger partial charge in [0, 0.05) is 17.1 Å². The molecule has 0 aromatic heterocycles. The van der Waals surface area contributed by atoms with Gasteiger partial charge in [-0.1, -0.05) is 0 Å². The molecule has 6 heteroatoms. The molecular formula is C5H7ClO4S. The van der Waals surface area contributed by atoms with E-state index in [0.717, 1.165) is 0 Å². The van der Waals surface area contributed by atoms with Gasteiger partial charge in [0.05, 0.1) is 0 Å². The molecule has 0 radical (unpaired) electrons. The third kappa shape index (κ3) is 3.07. The normalized spacial score (nSPS) is 25.2. The van der Waals surface area contributed by atoms with Gasteiger partial charge in [-0.05, 0) is 6.42 Å². The second-order valence-electron chi connectivity index (χ2n) is 2.36. The smallest absolute Gasteiger partial charge is 0.306 e. The summed E-state index contributed by atoms with van der Waals surface area (Å²) < 4.78 is 25.6. The van der Waals surface area contributed by atoms with Crippen molar-refractivity contribution in [2.75, 3.05) is 5.75 Å². The molecule has 0 aromatic carbocycles. The Labute approximate surface area is 68.9 Å². The van der Waals surface area contributed by atoms with Crippen LogP contribution in [0.2, 0.25) is 0 Å². The van der Waals surface area contributed by atoms with Crippen molar-refractivity contribution < 1.29 is 17.9 Å². The van der Waals surface area contributed by atoms with Crippen LogP contribution in [-0.2, 0) is 18.6 Å². The molecule has 1 saturated heterocycles. The van der Waals surface area contributed by atoms with Crippen LogP contribution in [0, 0.1) is 0 Å². The summed E-state index contributed by atoms with van der Waals surface area (Å²) in [5.41, 5.74) is 0. The van der Waals surface area contributed by atoms with Crippen LogP contribution in [0.15, 0.2) is 0 Å². The van der Waals surface area contributed by atoms with E-state index in [1.54, 1.807) is 0 Å². The number of halogens is 1. The number of ether oxygens (including phenoxy) is 1. The lowest BCUT2D eigenvalue weighted by Gasteiger charge is -2.04. The first kappa shape index (κ1) is 8.80. The van der Waals surface area contributed by atoms with E-state index in [2.05, 4.69) is 4.74 Å². The molecule has 0 amide bonds. The molecule has 0 N–H and O–H groups in total. The van der Waals surface area contributed by atoms with Crippen LogP contribution >= 0.6 is 10.7 Å². The van der Waals surface area contributed by atoms with Crippen molar-refractivity contribution in [3.05, 3.63) is 0 Å². The van der Waals surface area contributed by atoms with Crippen LogP contribution in [-0.4, -0.2) is 26.2 Å². The minimum absolute atomic E-state index is 0.277. The van der Waals surface area contributed by atoms with E-state index in [0.29, 0.717) is 6.42 Å². The molecule has 1 atom stereocenters. The van der Waals surface area contributed by atoms with Gasteiger partial charge >= 0.3 is 5.97 Å². The van der Waals surface area contributed by atoms with Gasteiger partial charge < -0.3 is 4.74 Å². The van der Waals surface area contributed by atoms with E-state index in [1.165, 1.54) is 0 Å². The number of carbonyl (C=O) groups excluding carboxylic acids is 1. The van der Waals surface area contributed by atoms with Crippen LogP contribution in [0.25, 0.3) is 0 Å². The summed E-state index contributed by atoms with van der Waals surface area (Å²) in [6, 6.07) is 0. The fourth-order valence-corrected chi connectivity index (χ4v) is 2.02. The van der Waals surface area contributed by atoms with Crippen LogP contribution < -0.4 is 0 Å². The van der Waals surface area contributed by atoms with Crippen LogP contribution in [0.4, 0.5) is 0 Å². The topological polar surface area (TPSA) is 60.4 Å². The first-order valence-electron chi connectivity index (χ1n) is 3.09. The zero-order valence-electron chi connectivity index (χ0n) is 5.62. The number of hydrogen-bond acceptors (Lipinski definition) is 4. The Morgan fingerprint density at radius 3 is 2.64 bits per heavy atom. The van der Waals surface area contributed by atoms with Crippen molar-refractivity contribution in [3.63, 3.8) is 0 Å². The van der Waals surface area contributed by atoms with E-state index >= 15 is 0 Å². The second kappa shape index (κ2) is 2.98. The average molecular weight is 199 g/mol. The lowest BCUT2D eigenvalue weighted by atomic mass is 10.3. The lowest BCUT2D eigenvalue weighted by Crippen LogP contribution is -2.16. The van der Waals surface area contributed by atoms with Gasteiger partial charge in [-0.2, -0.15) is 0 Å². The van der Waals surface area contributed by atoms with Gasteiger partial charge in [-0.25, -0.2) is 8.42 Å². The van der Waals surface area contributed by atoms with Crippen molar-refractivity contribution in [3.8, 4) is 0 Å². The molecule has 0 bridgehead atoms. The molecule has 0 spiro atoms. The van der Waals surface area contributed by atoms with Crippen molar-refractivity contribution in [2.45, 2.75) is 18.9 Å². The summed E-state index contributed by atoms with van der Waals surface area (Å²) in [6.07, 6.45) is 0.201. The van der Waals surface area contributed by atoms with Gasteiger partial charge in [0.15, 0.2) is 0 Å². The minimum atomic E-state index is -3.54. The van der Waals surface area contributed by atoms with Gasteiger partial charge in [-0.3, -0.25) is 4.79 Å². The Morgan fingerprint density at radius 1 is 1.64 bits per heavy atom. The molecule has 1 unspecified atom stereocenters. The molecule has 11 heavy (non-hydrogen) atoms. The van der Waals surface area contributed by atoms with Crippen LogP contribution in [0.1, 0.15) is 12.8 Å². The molecule has 1 aliphatic rings. The Kier molecular flexibility index (Phi) is 2.39. The fourth-order valence-electron chi connectivity index (χ4n) is 0.922. The Hall–Kier alpha value is -0.290. The highest BCUT2D eigenvalue weighted by Gasteiger charge is 2.27. The average Bonchev–Trinajstić information content (AvgIpc) is 2.10. The summed E-state index contributed by atoms with van der Waals surface area (Å²) in [4.78, 5) is 10.5. The van der Waals surface area contributed by atoms with E-state index in [-0.39, 0.29) is 18.1 Å². The zero-order valence-corrected chi connectivity index (χ0v) is 7.19. The van der Waals surface area contributed by atoms with Crippen LogP contribution in [0.3, 0.4) is 0 Å². The van der Waals surface area contributed by atoms with E-state index in [1.807, 2.05) is 0 Å². The standard InChI is InChI=1S/C5H7ClO4S/c6-11(8,9)3-4-1-2-5(7)10-4/h4H,1-3H2. The molecule has 1 heterocycles. The first-order chi connectivity index (χ1) is 4.97. The molecule has 0 aliphatic carbocycles. The quantitative estimate of drug-likeness (QED) is 0.472. The predicted molar refractivity (Wildman–Crippen MR) is 38.8 cm³/mol. The summed E-state index contributed by atoms with van der Waals surface area (Å²) in [5, 5.41) is 0. The Balaban J connectivity index is 2.47. The zero-order chi connectivity index (χ0) is 8.48. The van der Waals surface area contributed by atoms with Gasteiger partial charge in [0.25, 0.3) is 0 Å². The maximum atomic E-state index is 10.5. The van der Waals surface area contributed by atoms with Crippen molar-refractivity contribution in [1.82, 2.24) is 0 Å². The maximum Gasteiger partial charge on any atom is 0.306 e. The number of esters is 1. The van der Waals surface area contributed by atoms with E-state index < -0.39 is 15.2 Å². The summed E-state index contributed by atoms with van der Waals surface area (Å²) in [6.45, 7) is 0. The van der Waals surface area contributed by atoms with Crippen molar-refractivity contribution in [1.29, 1.82) is 0 Å². The summed E-state index contributed by atoms with van der Waals surface area (Å²) >= 11 is 0. The molecule has 1 aliphatic heterocycles. The largest absolute Gasteiger partial charge is 0.461 e. The van der Waals surface area contributed by atoms with E-state index in [4.69, 9.17) is 10.7 Å². The number of rotatable bonds is 2. The first-order valence-corrected chi connectivity index (χ1v) is 5.57. The highest BCUT2D eigenvalue weighted by atomic mass is 35.7. The van der Waals surface area contributed by atoms with Gasteiger partial charge in [0.2, 0.25) is 9.05 Å². The van der Waals surface area contributed by atoms with Crippen LogP contribution in [0.5, 0.6) is 0 Å². The third-order valence-electron chi connectivity index (χ3n) is 1.35. The molecule has 1 rings (SSSR count). The highest BCUT2D eigenvalue weighted by Crippen LogP contribution is 2.16. The molecule has 0 saturated carbocycles. The van der Waals surface area contributed by atoms with Gasteiger partial charge in [-0.15, -0.1) is 0 Å².